The maximum atomic E-state index is 12.7. The van der Waals surface area contributed by atoms with Gasteiger partial charge in [0, 0.05) is 31.2 Å². The molecule has 4 rings (SSSR count). The fourth-order valence-electron chi connectivity index (χ4n) is 4.96. The first-order chi connectivity index (χ1) is 19.9. The van der Waals surface area contributed by atoms with Crippen LogP contribution in [0.4, 0.5) is 0 Å². The Kier molecular flexibility index (Phi) is 10.6. The fraction of sp³-hybridized carbons (Fsp3) is 0.500. The number of hydrogen-bond acceptors (Lipinski definition) is 10. The van der Waals surface area contributed by atoms with E-state index in [1.54, 1.807) is 6.08 Å². The van der Waals surface area contributed by atoms with Crippen LogP contribution in [0.5, 0.6) is 0 Å². The van der Waals surface area contributed by atoms with E-state index in [0.29, 0.717) is 41.6 Å². The van der Waals surface area contributed by atoms with Gasteiger partial charge in [-0.3, -0.25) is 19.4 Å². The van der Waals surface area contributed by atoms with Gasteiger partial charge < -0.3 is 35.2 Å². The summed E-state index contributed by atoms with van der Waals surface area (Å²) in [6.07, 6.45) is 2.04. The lowest BCUT2D eigenvalue weighted by atomic mass is 9.76. The lowest BCUT2D eigenvalue weighted by molar-refractivity contribution is -0.122. The van der Waals surface area contributed by atoms with Gasteiger partial charge >= 0.3 is 0 Å². The molecule has 4 aliphatic rings. The SMILES string of the molecule is COC1=C(Br)[C@H](O)[C@]2(C=C1Br)CN=C(C(=O)NCCCC(=O)CNC(=O)C1=NO[C@]3(C=C(Br)C(OC)=C(Br)[C@@H]3O)C1)C2. The smallest absolute Gasteiger partial charge is 0.269 e. The lowest BCUT2D eigenvalue weighted by Crippen LogP contribution is -2.45. The first kappa shape index (κ1) is 33.1. The first-order valence-electron chi connectivity index (χ1n) is 12.8. The average Bonchev–Trinajstić information content (AvgIpc) is 3.58. The van der Waals surface area contributed by atoms with Crippen LogP contribution < -0.4 is 10.6 Å². The number of nitrogens with zero attached hydrogens (tertiary/aromatic N) is 2. The molecular weight excluding hydrogens is 816 g/mol. The molecule has 2 spiro atoms. The number of methoxy groups -OCH3 is 2. The number of Topliss-reactive ketones (excluding diaryl/α,β-unsaturated/α-hetero) is 1. The number of allylic oxidation sites excluding steroid dienone is 2. The van der Waals surface area contributed by atoms with Crippen molar-refractivity contribution in [1.82, 2.24) is 10.6 Å². The minimum Gasteiger partial charge on any atom is -0.495 e. The van der Waals surface area contributed by atoms with Crippen LogP contribution >= 0.6 is 63.7 Å². The van der Waals surface area contributed by atoms with Crippen LogP contribution in [0.25, 0.3) is 0 Å². The van der Waals surface area contributed by atoms with E-state index in [2.05, 4.69) is 84.5 Å². The molecule has 42 heavy (non-hydrogen) atoms. The van der Waals surface area contributed by atoms with E-state index in [0.717, 1.165) is 0 Å². The van der Waals surface area contributed by atoms with Crippen LogP contribution in [0, 0.1) is 5.41 Å². The molecule has 0 saturated carbocycles. The Morgan fingerprint density at radius 2 is 1.57 bits per heavy atom. The lowest BCUT2D eigenvalue weighted by Gasteiger charge is -2.35. The zero-order chi connectivity index (χ0) is 30.8. The van der Waals surface area contributed by atoms with Crippen molar-refractivity contribution in [1.29, 1.82) is 0 Å². The highest BCUT2D eigenvalue weighted by molar-refractivity contribution is 9.12. The fourth-order valence-corrected chi connectivity index (χ4v) is 8.68. The minimum atomic E-state index is -1.29. The van der Waals surface area contributed by atoms with Crippen molar-refractivity contribution < 1.29 is 38.9 Å². The molecule has 2 aliphatic carbocycles. The number of aliphatic imine (C=N–C) groups is 1. The molecule has 0 fully saturated rings. The van der Waals surface area contributed by atoms with Crippen molar-refractivity contribution in [3.8, 4) is 0 Å². The molecule has 0 bridgehead atoms. The Hall–Kier alpha value is -1.85. The van der Waals surface area contributed by atoms with E-state index in [4.69, 9.17) is 14.3 Å². The van der Waals surface area contributed by atoms with Gasteiger partial charge in [-0.1, -0.05) is 11.2 Å². The number of halogens is 4. The molecule has 228 valence electrons. The van der Waals surface area contributed by atoms with Crippen molar-refractivity contribution in [2.75, 3.05) is 33.9 Å². The third-order valence-corrected chi connectivity index (χ3v) is 10.0. The van der Waals surface area contributed by atoms with Crippen LogP contribution in [0.3, 0.4) is 0 Å². The van der Waals surface area contributed by atoms with Gasteiger partial charge in [-0.25, -0.2) is 0 Å². The van der Waals surface area contributed by atoms with Gasteiger partial charge in [-0.2, -0.15) is 0 Å². The van der Waals surface area contributed by atoms with E-state index in [1.807, 2.05) is 6.08 Å². The molecule has 4 N–H and O–H groups in total. The quantitative estimate of drug-likeness (QED) is 0.244. The first-order valence-corrected chi connectivity index (χ1v) is 15.9. The maximum absolute atomic E-state index is 12.7. The number of carbonyl (C=O) groups excluding carboxylic acids is 3. The zero-order valence-electron chi connectivity index (χ0n) is 22.5. The molecule has 0 aromatic carbocycles. The number of hydrogen-bond donors (Lipinski definition) is 4. The molecule has 0 aromatic rings. The van der Waals surface area contributed by atoms with Crippen molar-refractivity contribution in [3.05, 3.63) is 41.6 Å². The second kappa shape index (κ2) is 13.4. The minimum absolute atomic E-state index is 0.0167. The summed E-state index contributed by atoms with van der Waals surface area (Å²) in [5, 5.41) is 30.7. The van der Waals surface area contributed by atoms with Crippen LogP contribution in [-0.2, 0) is 28.7 Å². The monoisotopic (exact) mass is 840 g/mol. The molecule has 16 heteroatoms. The largest absolute Gasteiger partial charge is 0.495 e. The second-order valence-electron chi connectivity index (χ2n) is 10.1. The number of oxime groups is 1. The third-order valence-electron chi connectivity index (χ3n) is 7.27. The van der Waals surface area contributed by atoms with E-state index >= 15 is 0 Å². The number of carbonyl (C=O) groups is 3. The second-order valence-corrected chi connectivity index (χ2v) is 13.5. The van der Waals surface area contributed by atoms with E-state index in [9.17, 15) is 24.6 Å². The Morgan fingerprint density at radius 1 is 0.952 bits per heavy atom. The molecule has 2 heterocycles. The highest BCUT2D eigenvalue weighted by Gasteiger charge is 2.51. The van der Waals surface area contributed by atoms with Crippen molar-refractivity contribution in [2.24, 2.45) is 15.6 Å². The number of aliphatic hydroxyl groups excluding tert-OH is 2. The van der Waals surface area contributed by atoms with Crippen molar-refractivity contribution >= 4 is 92.7 Å². The molecule has 0 aromatic heterocycles. The standard InChI is InChI=1S/C26H28Br4N4O8/c1-40-19-13(27)6-25(21(36)17(19)29)8-15(33-11-25)23(38)31-5-3-4-12(35)10-32-24(39)16-9-26(42-34-16)7-14(28)20(41-2)18(30)22(26)37/h6-7,21-22,36-37H,3-5,8-11H2,1-2H3,(H,31,38)(H,32,39)/t21-,22-,25-,26+/m0/s1. The number of amides is 2. The normalized spacial score (nSPS) is 28.7. The molecule has 2 aliphatic heterocycles. The van der Waals surface area contributed by atoms with Crippen LogP contribution in [0.2, 0.25) is 0 Å². The van der Waals surface area contributed by atoms with Gasteiger partial charge in [-0.15, -0.1) is 0 Å². The summed E-state index contributed by atoms with van der Waals surface area (Å²) in [7, 11) is 2.96. The van der Waals surface area contributed by atoms with Crippen LogP contribution in [0.15, 0.2) is 51.7 Å². The van der Waals surface area contributed by atoms with Gasteiger partial charge in [-0.05, 0) is 76.2 Å². The molecule has 4 atom stereocenters. The molecule has 0 radical (unpaired) electrons. The van der Waals surface area contributed by atoms with Gasteiger partial charge in [0.25, 0.3) is 11.8 Å². The Balaban J connectivity index is 1.18. The molecular formula is C26H28Br4N4O8. The number of aliphatic hydroxyl groups is 2. The van der Waals surface area contributed by atoms with E-state index < -0.39 is 29.1 Å². The summed E-state index contributed by atoms with van der Waals surface area (Å²) < 4.78 is 12.6. The summed E-state index contributed by atoms with van der Waals surface area (Å²) in [5.74, 6) is -0.288. The van der Waals surface area contributed by atoms with Gasteiger partial charge in [0.2, 0.25) is 0 Å². The predicted molar refractivity (Wildman–Crippen MR) is 167 cm³/mol. The predicted octanol–water partition coefficient (Wildman–Crippen LogP) is 2.73. The van der Waals surface area contributed by atoms with Crippen molar-refractivity contribution in [2.45, 2.75) is 43.5 Å². The highest BCUT2D eigenvalue weighted by atomic mass is 79.9. The summed E-state index contributed by atoms with van der Waals surface area (Å²) in [5.41, 5.74) is -1.71. The van der Waals surface area contributed by atoms with Crippen LogP contribution in [-0.4, -0.2) is 90.9 Å². The molecule has 12 nitrogen and oxygen atoms in total. The zero-order valence-corrected chi connectivity index (χ0v) is 28.9. The van der Waals surface area contributed by atoms with Gasteiger partial charge in [0.05, 0.1) is 45.2 Å². The van der Waals surface area contributed by atoms with Gasteiger partial charge in [0.1, 0.15) is 35.1 Å². The third kappa shape index (κ3) is 6.48. The van der Waals surface area contributed by atoms with E-state index in [-0.39, 0.29) is 56.3 Å². The summed E-state index contributed by atoms with van der Waals surface area (Å²) in [6.45, 7) is 0.249. The number of ketones is 1. The maximum Gasteiger partial charge on any atom is 0.269 e. The summed E-state index contributed by atoms with van der Waals surface area (Å²) >= 11 is 13.5. The summed E-state index contributed by atoms with van der Waals surface area (Å²) in [6, 6.07) is 0. The van der Waals surface area contributed by atoms with Gasteiger partial charge in [0.15, 0.2) is 11.4 Å². The molecule has 2 amide bonds. The molecule has 0 saturated heterocycles. The van der Waals surface area contributed by atoms with E-state index in [1.165, 1.54) is 14.2 Å². The number of ether oxygens (including phenoxy) is 2. The van der Waals surface area contributed by atoms with Crippen molar-refractivity contribution in [3.63, 3.8) is 0 Å². The Morgan fingerprint density at radius 3 is 2.24 bits per heavy atom. The Bertz CT molecular complexity index is 1370. The average molecular weight is 844 g/mol. The van der Waals surface area contributed by atoms with Crippen LogP contribution in [0.1, 0.15) is 25.7 Å². The Labute approximate surface area is 275 Å². The highest BCUT2D eigenvalue weighted by Crippen LogP contribution is 2.47. The molecule has 0 unspecified atom stereocenters. The summed E-state index contributed by atoms with van der Waals surface area (Å²) in [4.78, 5) is 47.5. The topological polar surface area (TPSA) is 168 Å². The number of nitrogens with one attached hydrogen (secondary N) is 2. The number of rotatable bonds is 10.